The van der Waals surface area contributed by atoms with Crippen LogP contribution in [0.25, 0.3) is 0 Å². The number of likely N-dealkylation sites (tertiary alicyclic amines) is 1. The SMILES string of the molecule is CC(=O)Nc1cc(NC2CCCN(C)CC2)ccc1F. The van der Waals surface area contributed by atoms with E-state index in [0.29, 0.717) is 6.04 Å². The van der Waals surface area contributed by atoms with E-state index in [-0.39, 0.29) is 11.6 Å². The number of halogens is 1. The first-order chi connectivity index (χ1) is 9.54. The molecule has 4 nitrogen and oxygen atoms in total. The molecular formula is C15H22FN3O. The van der Waals surface area contributed by atoms with Crippen LogP contribution in [0.2, 0.25) is 0 Å². The Labute approximate surface area is 119 Å². The quantitative estimate of drug-likeness (QED) is 0.894. The van der Waals surface area contributed by atoms with Crippen molar-refractivity contribution >= 4 is 17.3 Å². The fourth-order valence-corrected chi connectivity index (χ4v) is 2.52. The van der Waals surface area contributed by atoms with Crippen LogP contribution in [0.4, 0.5) is 15.8 Å². The van der Waals surface area contributed by atoms with Crippen molar-refractivity contribution in [3.63, 3.8) is 0 Å². The maximum Gasteiger partial charge on any atom is 0.221 e. The lowest BCUT2D eigenvalue weighted by molar-refractivity contribution is -0.114. The number of anilines is 2. The van der Waals surface area contributed by atoms with Gasteiger partial charge in [0.2, 0.25) is 5.91 Å². The Morgan fingerprint density at radius 2 is 2.15 bits per heavy atom. The van der Waals surface area contributed by atoms with Gasteiger partial charge in [-0.2, -0.15) is 0 Å². The molecule has 1 amide bonds. The topological polar surface area (TPSA) is 44.4 Å². The summed E-state index contributed by atoms with van der Waals surface area (Å²) < 4.78 is 13.6. The van der Waals surface area contributed by atoms with Gasteiger partial charge in [0.15, 0.2) is 0 Å². The summed E-state index contributed by atoms with van der Waals surface area (Å²) in [6, 6.07) is 5.16. The minimum atomic E-state index is -0.411. The second-order valence-electron chi connectivity index (χ2n) is 5.45. The second-order valence-corrected chi connectivity index (χ2v) is 5.45. The molecule has 1 atom stereocenters. The van der Waals surface area contributed by atoms with Gasteiger partial charge < -0.3 is 15.5 Å². The Hall–Kier alpha value is -1.62. The smallest absolute Gasteiger partial charge is 0.221 e. The molecule has 0 bridgehead atoms. The number of nitrogens with zero attached hydrogens (tertiary/aromatic N) is 1. The van der Waals surface area contributed by atoms with E-state index in [1.165, 1.54) is 13.0 Å². The zero-order valence-electron chi connectivity index (χ0n) is 12.1. The predicted octanol–water partition coefficient (Wildman–Crippen LogP) is 2.68. The number of amides is 1. The number of nitrogens with one attached hydrogen (secondary N) is 2. The van der Waals surface area contributed by atoms with Crippen LogP contribution in [-0.4, -0.2) is 37.0 Å². The Morgan fingerprint density at radius 3 is 2.90 bits per heavy atom. The summed E-state index contributed by atoms with van der Waals surface area (Å²) >= 11 is 0. The summed E-state index contributed by atoms with van der Waals surface area (Å²) in [7, 11) is 2.13. The number of hydrogen-bond donors (Lipinski definition) is 2. The molecule has 0 aliphatic carbocycles. The molecule has 2 N–H and O–H groups in total. The van der Waals surface area contributed by atoms with Gasteiger partial charge in [-0.25, -0.2) is 4.39 Å². The van der Waals surface area contributed by atoms with Gasteiger partial charge in [0.05, 0.1) is 5.69 Å². The van der Waals surface area contributed by atoms with Crippen LogP contribution >= 0.6 is 0 Å². The minimum Gasteiger partial charge on any atom is -0.382 e. The highest BCUT2D eigenvalue weighted by Crippen LogP contribution is 2.22. The van der Waals surface area contributed by atoms with E-state index in [9.17, 15) is 9.18 Å². The van der Waals surface area contributed by atoms with E-state index in [1.807, 2.05) is 0 Å². The summed E-state index contributed by atoms with van der Waals surface area (Å²) in [4.78, 5) is 13.4. The van der Waals surface area contributed by atoms with Crippen LogP contribution in [0.1, 0.15) is 26.2 Å². The van der Waals surface area contributed by atoms with E-state index < -0.39 is 5.82 Å². The van der Waals surface area contributed by atoms with E-state index in [4.69, 9.17) is 0 Å². The van der Waals surface area contributed by atoms with Crippen LogP contribution in [0.3, 0.4) is 0 Å². The lowest BCUT2D eigenvalue weighted by Gasteiger charge is -2.19. The summed E-state index contributed by atoms with van der Waals surface area (Å²) in [6.07, 6.45) is 3.34. The van der Waals surface area contributed by atoms with E-state index in [0.717, 1.165) is 38.0 Å². The van der Waals surface area contributed by atoms with Crippen molar-refractivity contribution in [2.24, 2.45) is 0 Å². The molecule has 0 radical (unpaired) electrons. The summed E-state index contributed by atoms with van der Waals surface area (Å²) in [6.45, 7) is 3.57. The molecule has 0 spiro atoms. The van der Waals surface area contributed by atoms with Crippen LogP contribution in [0.15, 0.2) is 18.2 Å². The molecule has 0 aromatic heterocycles. The molecule has 5 heteroatoms. The number of carbonyl (C=O) groups is 1. The van der Waals surface area contributed by atoms with Gasteiger partial charge in [-0.1, -0.05) is 0 Å². The fourth-order valence-electron chi connectivity index (χ4n) is 2.52. The molecule has 1 aliphatic rings. The van der Waals surface area contributed by atoms with Crippen LogP contribution < -0.4 is 10.6 Å². The van der Waals surface area contributed by atoms with Crippen LogP contribution in [0, 0.1) is 5.82 Å². The third-order valence-corrected chi connectivity index (χ3v) is 3.60. The van der Waals surface area contributed by atoms with Crippen molar-refractivity contribution in [2.75, 3.05) is 30.8 Å². The Morgan fingerprint density at radius 1 is 1.35 bits per heavy atom. The molecule has 1 heterocycles. The number of benzene rings is 1. The standard InChI is InChI=1S/C15H22FN3O/c1-11(20)17-15-10-13(5-6-14(15)16)18-12-4-3-8-19(2)9-7-12/h5-6,10,12,18H,3-4,7-9H2,1-2H3,(H,17,20). The van der Waals surface area contributed by atoms with Gasteiger partial charge in [-0.15, -0.1) is 0 Å². The maximum atomic E-state index is 13.6. The van der Waals surface area contributed by atoms with Gasteiger partial charge in [0.1, 0.15) is 5.82 Å². The summed E-state index contributed by atoms with van der Waals surface area (Å²) in [5.41, 5.74) is 1.08. The third kappa shape index (κ3) is 4.20. The van der Waals surface area contributed by atoms with Crippen molar-refractivity contribution < 1.29 is 9.18 Å². The number of hydrogen-bond acceptors (Lipinski definition) is 3. The average molecular weight is 279 g/mol. The minimum absolute atomic E-state index is 0.230. The average Bonchev–Trinajstić information content (AvgIpc) is 2.58. The molecule has 0 saturated carbocycles. The Balaban J connectivity index is 2.03. The predicted molar refractivity (Wildman–Crippen MR) is 79.5 cm³/mol. The first kappa shape index (κ1) is 14.8. The van der Waals surface area contributed by atoms with Gasteiger partial charge in [0, 0.05) is 18.7 Å². The van der Waals surface area contributed by atoms with Gasteiger partial charge >= 0.3 is 0 Å². The van der Waals surface area contributed by atoms with Crippen molar-refractivity contribution in [2.45, 2.75) is 32.2 Å². The Kier molecular flexibility index (Phi) is 4.95. The highest BCUT2D eigenvalue weighted by atomic mass is 19.1. The first-order valence-electron chi connectivity index (χ1n) is 7.07. The zero-order chi connectivity index (χ0) is 14.5. The van der Waals surface area contributed by atoms with Crippen molar-refractivity contribution in [3.8, 4) is 0 Å². The van der Waals surface area contributed by atoms with E-state index in [2.05, 4.69) is 22.6 Å². The summed E-state index contributed by atoms with van der Waals surface area (Å²) in [5.74, 6) is -0.677. The molecule has 20 heavy (non-hydrogen) atoms. The molecule has 110 valence electrons. The van der Waals surface area contributed by atoms with Crippen LogP contribution in [-0.2, 0) is 4.79 Å². The van der Waals surface area contributed by atoms with Gasteiger partial charge in [-0.3, -0.25) is 4.79 Å². The molecule has 1 saturated heterocycles. The first-order valence-corrected chi connectivity index (χ1v) is 7.07. The van der Waals surface area contributed by atoms with E-state index >= 15 is 0 Å². The number of rotatable bonds is 3. The van der Waals surface area contributed by atoms with Crippen molar-refractivity contribution in [1.29, 1.82) is 0 Å². The lowest BCUT2D eigenvalue weighted by Crippen LogP contribution is -2.23. The van der Waals surface area contributed by atoms with Crippen molar-refractivity contribution in [1.82, 2.24) is 4.90 Å². The molecule has 1 aromatic carbocycles. The lowest BCUT2D eigenvalue weighted by atomic mass is 10.1. The molecule has 2 rings (SSSR count). The molecule has 1 aliphatic heterocycles. The zero-order valence-corrected chi connectivity index (χ0v) is 12.1. The van der Waals surface area contributed by atoms with Gasteiger partial charge in [0.25, 0.3) is 0 Å². The highest BCUT2D eigenvalue weighted by molar-refractivity contribution is 5.89. The molecule has 1 unspecified atom stereocenters. The normalized spacial score (nSPS) is 20.2. The summed E-state index contributed by atoms with van der Waals surface area (Å²) in [5, 5.41) is 5.95. The monoisotopic (exact) mass is 279 g/mol. The second kappa shape index (κ2) is 6.70. The van der Waals surface area contributed by atoms with Gasteiger partial charge in [-0.05, 0) is 57.6 Å². The molecular weight excluding hydrogens is 257 g/mol. The maximum absolute atomic E-state index is 13.6. The molecule has 1 aromatic rings. The van der Waals surface area contributed by atoms with E-state index in [1.54, 1.807) is 12.1 Å². The third-order valence-electron chi connectivity index (χ3n) is 3.60. The largest absolute Gasteiger partial charge is 0.382 e. The Bertz CT molecular complexity index is 478. The molecule has 1 fully saturated rings. The van der Waals surface area contributed by atoms with Crippen LogP contribution in [0.5, 0.6) is 0 Å². The number of carbonyl (C=O) groups excluding carboxylic acids is 1. The highest BCUT2D eigenvalue weighted by Gasteiger charge is 2.15. The fraction of sp³-hybridized carbons (Fsp3) is 0.533. The van der Waals surface area contributed by atoms with Crippen molar-refractivity contribution in [3.05, 3.63) is 24.0 Å².